The summed E-state index contributed by atoms with van der Waals surface area (Å²) in [6.07, 6.45) is 0. The minimum absolute atomic E-state index is 0.573. The fourth-order valence-electron chi connectivity index (χ4n) is 10.2. The smallest absolute Gasteiger partial charge is 0.164 e. The maximum absolute atomic E-state index is 6.96. The maximum Gasteiger partial charge on any atom is 0.164 e. The molecule has 0 N–H and O–H groups in total. The summed E-state index contributed by atoms with van der Waals surface area (Å²) >= 11 is 0. The van der Waals surface area contributed by atoms with Crippen molar-refractivity contribution >= 4 is 65.7 Å². The van der Waals surface area contributed by atoms with Gasteiger partial charge in [-0.2, -0.15) is 0 Å². The molecule has 0 fully saturated rings. The molecule has 4 heterocycles. The Balaban J connectivity index is 0.890. The molecule has 6 heteroatoms. The highest BCUT2D eigenvalue weighted by atomic mass is 16.3. The van der Waals surface area contributed by atoms with Gasteiger partial charge in [0.25, 0.3) is 0 Å². The van der Waals surface area contributed by atoms with E-state index in [9.17, 15) is 0 Å². The number of hydrogen-bond donors (Lipinski definition) is 0. The Bertz CT molecular complexity index is 4290. The molecule has 69 heavy (non-hydrogen) atoms. The van der Waals surface area contributed by atoms with E-state index in [2.05, 4.69) is 187 Å². The Labute approximate surface area is 396 Å². The second-order valence-electron chi connectivity index (χ2n) is 17.5. The van der Waals surface area contributed by atoms with Crippen LogP contribution < -0.4 is 0 Å². The lowest BCUT2D eigenvalue weighted by atomic mass is 9.99. The Kier molecular flexibility index (Phi) is 8.79. The van der Waals surface area contributed by atoms with E-state index in [1.807, 2.05) is 48.5 Å². The van der Waals surface area contributed by atoms with Crippen LogP contribution >= 0.6 is 0 Å². The van der Waals surface area contributed by atoms with Gasteiger partial charge in [-0.05, 0) is 70.3 Å². The lowest BCUT2D eigenvalue weighted by Gasteiger charge is -2.10. The van der Waals surface area contributed by atoms with Crippen LogP contribution in [0.5, 0.6) is 0 Å². The van der Waals surface area contributed by atoms with E-state index in [0.717, 1.165) is 99.5 Å². The summed E-state index contributed by atoms with van der Waals surface area (Å²) in [6, 6.07) is 80.2. The zero-order chi connectivity index (χ0) is 45.4. The van der Waals surface area contributed by atoms with Gasteiger partial charge in [0.05, 0.1) is 16.7 Å². The van der Waals surface area contributed by atoms with Crippen LogP contribution in [0.25, 0.3) is 139 Å². The Morgan fingerprint density at radius 1 is 0.290 bits per heavy atom. The predicted molar refractivity (Wildman–Crippen MR) is 281 cm³/mol. The first-order valence-corrected chi connectivity index (χ1v) is 23.2. The van der Waals surface area contributed by atoms with Gasteiger partial charge in [0, 0.05) is 54.6 Å². The third-order valence-electron chi connectivity index (χ3n) is 13.5. The fraction of sp³-hybridized carbons (Fsp3) is 0. The van der Waals surface area contributed by atoms with Gasteiger partial charge in [-0.3, -0.25) is 0 Å². The molecule has 14 rings (SSSR count). The van der Waals surface area contributed by atoms with Crippen molar-refractivity contribution in [1.82, 2.24) is 19.5 Å². The molecule has 322 valence electrons. The molecule has 14 aromatic rings. The van der Waals surface area contributed by atoms with Gasteiger partial charge in [-0.15, -0.1) is 0 Å². The van der Waals surface area contributed by atoms with Gasteiger partial charge in [0.15, 0.2) is 23.1 Å². The van der Waals surface area contributed by atoms with Crippen molar-refractivity contribution in [2.24, 2.45) is 0 Å². The zero-order valence-electron chi connectivity index (χ0n) is 37.0. The third-order valence-corrected chi connectivity index (χ3v) is 13.5. The predicted octanol–water partition coefficient (Wildman–Crippen LogP) is 16.8. The van der Waals surface area contributed by atoms with Crippen molar-refractivity contribution in [3.05, 3.63) is 231 Å². The summed E-state index contributed by atoms with van der Waals surface area (Å²) in [4.78, 5) is 15.3. The maximum atomic E-state index is 6.96. The van der Waals surface area contributed by atoms with E-state index in [1.165, 1.54) is 21.9 Å². The average Bonchev–Trinajstić information content (AvgIpc) is 4.11. The molecule has 0 saturated heterocycles. The number of para-hydroxylation sites is 3. The molecule has 0 unspecified atom stereocenters. The van der Waals surface area contributed by atoms with Gasteiger partial charge in [0.1, 0.15) is 16.7 Å². The highest BCUT2D eigenvalue weighted by Crippen LogP contribution is 2.43. The van der Waals surface area contributed by atoms with Crippen LogP contribution in [0, 0.1) is 0 Å². The van der Waals surface area contributed by atoms with Crippen LogP contribution in [0.3, 0.4) is 0 Å². The minimum Gasteiger partial charge on any atom is -0.455 e. The van der Waals surface area contributed by atoms with Gasteiger partial charge in [0.2, 0.25) is 0 Å². The molecule has 0 aliphatic rings. The van der Waals surface area contributed by atoms with Crippen LogP contribution in [-0.4, -0.2) is 19.5 Å². The lowest BCUT2D eigenvalue weighted by molar-refractivity contribution is 0.666. The number of nitrogens with zero attached hydrogens (tertiary/aromatic N) is 4. The van der Waals surface area contributed by atoms with Gasteiger partial charge < -0.3 is 13.4 Å². The number of furan rings is 2. The minimum atomic E-state index is 0.573. The quantitative estimate of drug-likeness (QED) is 0.159. The summed E-state index contributed by atoms with van der Waals surface area (Å²) in [7, 11) is 0. The molecule has 4 aromatic heterocycles. The van der Waals surface area contributed by atoms with E-state index in [-0.39, 0.29) is 0 Å². The molecular formula is C63H38N4O2. The van der Waals surface area contributed by atoms with Gasteiger partial charge in [-0.1, -0.05) is 188 Å². The number of benzene rings is 10. The molecule has 0 bridgehead atoms. The van der Waals surface area contributed by atoms with Gasteiger partial charge >= 0.3 is 0 Å². The van der Waals surface area contributed by atoms with Crippen molar-refractivity contribution < 1.29 is 8.83 Å². The fourth-order valence-corrected chi connectivity index (χ4v) is 10.2. The number of hydrogen-bond acceptors (Lipinski definition) is 5. The number of aromatic nitrogens is 4. The normalized spacial score (nSPS) is 11.8. The molecule has 6 nitrogen and oxygen atoms in total. The summed E-state index contributed by atoms with van der Waals surface area (Å²) in [5, 5.41) is 6.43. The average molecular weight is 883 g/mol. The van der Waals surface area contributed by atoms with Crippen LogP contribution in [-0.2, 0) is 0 Å². The highest BCUT2D eigenvalue weighted by Gasteiger charge is 2.22. The molecule has 0 aliphatic carbocycles. The molecule has 0 saturated carbocycles. The summed E-state index contributed by atoms with van der Waals surface area (Å²) in [5.74, 6) is 1.77. The SMILES string of the molecule is c1ccc(-c2ccc(-c3nc(-c4ccccc4)nc(-c4cccc5oc6c(-c7ccc8c(c7)oc7c(-n9c%10ccccc%10c%10cc(-c%11ccccc%11)ccc%109)cccc78)cccc6c45)n3)cc2)cc1. The first-order valence-electron chi connectivity index (χ1n) is 23.2. The first kappa shape index (κ1) is 38.8. The van der Waals surface area contributed by atoms with E-state index in [4.69, 9.17) is 23.8 Å². The van der Waals surface area contributed by atoms with Crippen molar-refractivity contribution in [2.75, 3.05) is 0 Å². The molecule has 10 aromatic carbocycles. The molecule has 0 aliphatic heterocycles. The van der Waals surface area contributed by atoms with Crippen molar-refractivity contribution in [1.29, 1.82) is 0 Å². The second kappa shape index (κ2) is 15.6. The topological polar surface area (TPSA) is 69.9 Å². The summed E-state index contributed by atoms with van der Waals surface area (Å²) in [5.41, 5.74) is 15.7. The first-order chi connectivity index (χ1) is 34.2. The molecule has 0 radical (unpaired) electrons. The van der Waals surface area contributed by atoms with Crippen molar-refractivity contribution in [3.8, 4) is 73.2 Å². The second-order valence-corrected chi connectivity index (χ2v) is 17.5. The molecular weight excluding hydrogens is 845 g/mol. The van der Waals surface area contributed by atoms with Gasteiger partial charge in [-0.25, -0.2) is 15.0 Å². The van der Waals surface area contributed by atoms with Crippen LogP contribution in [0.2, 0.25) is 0 Å². The summed E-state index contributed by atoms with van der Waals surface area (Å²) in [6.45, 7) is 0. The van der Waals surface area contributed by atoms with E-state index in [1.54, 1.807) is 0 Å². The Hall–Kier alpha value is -9.39. The monoisotopic (exact) mass is 882 g/mol. The van der Waals surface area contributed by atoms with Crippen LogP contribution in [0.4, 0.5) is 0 Å². The Morgan fingerprint density at radius 3 is 1.61 bits per heavy atom. The van der Waals surface area contributed by atoms with E-state index < -0.39 is 0 Å². The van der Waals surface area contributed by atoms with Crippen molar-refractivity contribution in [2.45, 2.75) is 0 Å². The molecule has 0 spiro atoms. The van der Waals surface area contributed by atoms with Crippen LogP contribution in [0.1, 0.15) is 0 Å². The zero-order valence-corrected chi connectivity index (χ0v) is 37.0. The largest absolute Gasteiger partial charge is 0.455 e. The molecule has 0 amide bonds. The Morgan fingerprint density at radius 2 is 0.826 bits per heavy atom. The van der Waals surface area contributed by atoms with E-state index in [0.29, 0.717) is 17.5 Å². The van der Waals surface area contributed by atoms with Crippen molar-refractivity contribution in [3.63, 3.8) is 0 Å². The lowest BCUT2D eigenvalue weighted by Crippen LogP contribution is -2.00. The third kappa shape index (κ3) is 6.38. The summed E-state index contributed by atoms with van der Waals surface area (Å²) < 4.78 is 16.1. The van der Waals surface area contributed by atoms with Crippen LogP contribution in [0.15, 0.2) is 239 Å². The molecule has 0 atom stereocenters. The van der Waals surface area contributed by atoms with E-state index >= 15 is 0 Å². The number of fused-ring (bicyclic) bond motifs is 9. The highest BCUT2D eigenvalue weighted by molar-refractivity contribution is 6.17. The number of rotatable bonds is 7. The standard InChI is InChI=1S/C63H38N4O2/c1-4-15-39(16-5-1)41-29-31-43(32-30-41)62-64-61(42-19-8-3-9-20-42)65-63(66-62)51-25-14-28-56-58(51)50-24-12-22-46(59(50)68-56)45-33-35-48-49-23-13-27-55(60(49)69-57(48)38-45)67-53-26-11-10-21-47(53)52-37-44(34-36-54(52)67)40-17-6-2-7-18-40/h1-38H.